The maximum atomic E-state index is 13.2. The highest BCUT2D eigenvalue weighted by Crippen LogP contribution is 2.33. The molecule has 3 aromatic rings. The van der Waals surface area contributed by atoms with Gasteiger partial charge in [-0.2, -0.15) is 13.2 Å². The van der Waals surface area contributed by atoms with Crippen molar-refractivity contribution < 1.29 is 27.8 Å². The number of ether oxygens (including phenoxy) is 1. The summed E-state index contributed by atoms with van der Waals surface area (Å²) < 4.78 is 45.7. The predicted molar refractivity (Wildman–Crippen MR) is 125 cm³/mol. The normalized spacial score (nSPS) is 15.3. The number of aromatic nitrogens is 1. The second-order valence-corrected chi connectivity index (χ2v) is 8.95. The SMILES string of the molecule is O=C(O)c1cnc(N2CCCCN(Cc3cccc(C(F)(F)F)c3)c3ccccc3OCC2)s1. The van der Waals surface area contributed by atoms with Gasteiger partial charge >= 0.3 is 12.1 Å². The van der Waals surface area contributed by atoms with Crippen molar-refractivity contribution in [1.82, 2.24) is 4.98 Å². The lowest BCUT2D eigenvalue weighted by atomic mass is 10.1. The molecule has 0 unspecified atom stereocenters. The van der Waals surface area contributed by atoms with Crippen molar-refractivity contribution in [3.63, 3.8) is 0 Å². The van der Waals surface area contributed by atoms with Gasteiger partial charge in [-0.15, -0.1) is 0 Å². The van der Waals surface area contributed by atoms with Gasteiger partial charge in [0.15, 0.2) is 5.13 Å². The number of benzene rings is 2. The number of rotatable bonds is 4. The Balaban J connectivity index is 1.54. The average Bonchev–Trinajstić information content (AvgIpc) is 3.29. The van der Waals surface area contributed by atoms with E-state index in [1.165, 1.54) is 18.3 Å². The second-order valence-electron chi connectivity index (χ2n) is 7.94. The molecule has 4 rings (SSSR count). The number of carboxylic acids is 1. The van der Waals surface area contributed by atoms with E-state index >= 15 is 0 Å². The van der Waals surface area contributed by atoms with E-state index in [1.54, 1.807) is 6.07 Å². The van der Waals surface area contributed by atoms with Crippen LogP contribution in [0.15, 0.2) is 54.7 Å². The number of anilines is 2. The molecule has 2 heterocycles. The van der Waals surface area contributed by atoms with E-state index in [0.29, 0.717) is 49.2 Å². The lowest BCUT2D eigenvalue weighted by Gasteiger charge is -2.27. The highest BCUT2D eigenvalue weighted by atomic mass is 32.1. The topological polar surface area (TPSA) is 65.9 Å². The Kier molecular flexibility index (Phi) is 7.26. The lowest BCUT2D eigenvalue weighted by Crippen LogP contribution is -2.29. The van der Waals surface area contributed by atoms with Crippen molar-refractivity contribution in [2.75, 3.05) is 36.0 Å². The number of hydrogen-bond donors (Lipinski definition) is 1. The van der Waals surface area contributed by atoms with E-state index in [4.69, 9.17) is 4.74 Å². The van der Waals surface area contributed by atoms with Crippen molar-refractivity contribution in [3.05, 3.63) is 70.7 Å². The fourth-order valence-electron chi connectivity index (χ4n) is 3.88. The number of carbonyl (C=O) groups is 1. The van der Waals surface area contributed by atoms with Gasteiger partial charge in [0.05, 0.1) is 24.0 Å². The minimum atomic E-state index is -4.39. The van der Waals surface area contributed by atoms with E-state index in [2.05, 4.69) is 4.98 Å². The lowest BCUT2D eigenvalue weighted by molar-refractivity contribution is -0.137. The zero-order valence-electron chi connectivity index (χ0n) is 18.3. The van der Waals surface area contributed by atoms with Crippen molar-refractivity contribution in [2.45, 2.75) is 25.6 Å². The first kappa shape index (κ1) is 23.9. The van der Waals surface area contributed by atoms with E-state index in [0.717, 1.165) is 35.9 Å². The molecule has 6 nitrogen and oxygen atoms in total. The monoisotopic (exact) mass is 491 g/mol. The van der Waals surface area contributed by atoms with E-state index in [9.17, 15) is 23.1 Å². The summed E-state index contributed by atoms with van der Waals surface area (Å²) in [5.74, 6) is -0.348. The van der Waals surface area contributed by atoms with Crippen LogP contribution in [0.25, 0.3) is 0 Å². The Morgan fingerprint density at radius 1 is 1.09 bits per heavy atom. The van der Waals surface area contributed by atoms with Gasteiger partial charge in [-0.1, -0.05) is 35.6 Å². The van der Waals surface area contributed by atoms with Gasteiger partial charge in [0.25, 0.3) is 0 Å². The quantitative estimate of drug-likeness (QED) is 0.517. The third-order valence-corrected chi connectivity index (χ3v) is 6.58. The largest absolute Gasteiger partial charge is 0.490 e. The summed E-state index contributed by atoms with van der Waals surface area (Å²) in [7, 11) is 0. The van der Waals surface area contributed by atoms with E-state index < -0.39 is 17.7 Å². The maximum absolute atomic E-state index is 13.2. The molecule has 0 spiro atoms. The summed E-state index contributed by atoms with van der Waals surface area (Å²) in [4.78, 5) is 19.7. The summed E-state index contributed by atoms with van der Waals surface area (Å²) in [5.41, 5.74) is 0.744. The Bertz CT molecular complexity index is 1140. The Labute approximate surface area is 199 Å². The summed E-state index contributed by atoms with van der Waals surface area (Å²) >= 11 is 1.13. The first-order chi connectivity index (χ1) is 16.3. The number of nitrogens with zero attached hydrogens (tertiary/aromatic N) is 3. The molecule has 0 atom stereocenters. The van der Waals surface area contributed by atoms with Crippen LogP contribution in [-0.4, -0.2) is 42.3 Å². The number of aromatic carboxylic acids is 1. The molecule has 1 N–H and O–H groups in total. The van der Waals surface area contributed by atoms with Crippen molar-refractivity contribution >= 4 is 28.1 Å². The summed E-state index contributed by atoms with van der Waals surface area (Å²) in [6, 6.07) is 12.9. The van der Waals surface area contributed by atoms with Crippen LogP contribution in [-0.2, 0) is 12.7 Å². The highest BCUT2D eigenvalue weighted by molar-refractivity contribution is 7.17. The molecule has 0 saturated carbocycles. The standard InChI is InChI=1S/C24H24F3N3O3S/c25-24(26,27)18-7-5-6-17(14-18)16-30-11-4-3-10-29(23-28-15-21(34-23)22(31)32)12-13-33-20-9-2-1-8-19(20)30/h1-2,5-9,14-15H,3-4,10-13,16H2,(H,31,32). The van der Waals surface area contributed by atoms with Gasteiger partial charge in [0, 0.05) is 19.6 Å². The van der Waals surface area contributed by atoms with Gasteiger partial charge in [-0.25, -0.2) is 9.78 Å². The maximum Gasteiger partial charge on any atom is 0.416 e. The zero-order chi connectivity index (χ0) is 24.1. The fraction of sp³-hybridized carbons (Fsp3) is 0.333. The Hall–Kier alpha value is -3.27. The van der Waals surface area contributed by atoms with Crippen LogP contribution in [0.3, 0.4) is 0 Å². The number of carboxylic acid groups (broad SMARTS) is 1. The van der Waals surface area contributed by atoms with Gasteiger partial charge in [0.1, 0.15) is 17.2 Å². The summed E-state index contributed by atoms with van der Waals surface area (Å²) in [5, 5.41) is 9.83. The first-order valence-corrected chi connectivity index (χ1v) is 11.7. The average molecular weight is 492 g/mol. The molecule has 0 fully saturated rings. The Morgan fingerprint density at radius 2 is 1.88 bits per heavy atom. The molecule has 180 valence electrons. The van der Waals surface area contributed by atoms with Gasteiger partial charge < -0.3 is 19.6 Å². The smallest absolute Gasteiger partial charge is 0.416 e. The molecule has 34 heavy (non-hydrogen) atoms. The molecule has 10 heteroatoms. The van der Waals surface area contributed by atoms with E-state index in [1.807, 2.05) is 34.1 Å². The van der Waals surface area contributed by atoms with Gasteiger partial charge in [-0.05, 0) is 42.7 Å². The predicted octanol–water partition coefficient (Wildman–Crippen LogP) is 5.55. The molecule has 0 amide bonds. The minimum Gasteiger partial charge on any atom is -0.490 e. The second kappa shape index (κ2) is 10.3. The number of fused-ring (bicyclic) bond motifs is 1. The Morgan fingerprint density at radius 3 is 2.65 bits per heavy atom. The number of hydrogen-bond acceptors (Lipinski definition) is 6. The molecule has 1 aliphatic rings. The minimum absolute atomic E-state index is 0.183. The van der Waals surface area contributed by atoms with Crippen LogP contribution < -0.4 is 14.5 Å². The molecular weight excluding hydrogens is 467 g/mol. The zero-order valence-corrected chi connectivity index (χ0v) is 19.1. The van der Waals surface area contributed by atoms with Crippen LogP contribution >= 0.6 is 11.3 Å². The molecule has 1 aliphatic heterocycles. The van der Waals surface area contributed by atoms with E-state index in [-0.39, 0.29) is 4.88 Å². The van der Waals surface area contributed by atoms with Crippen LogP contribution in [0.1, 0.15) is 33.6 Å². The molecule has 1 aromatic heterocycles. The van der Waals surface area contributed by atoms with Crippen LogP contribution in [0.4, 0.5) is 24.0 Å². The number of halogens is 3. The molecular formula is C24H24F3N3O3S. The molecule has 0 bridgehead atoms. The number of thiazole rings is 1. The third kappa shape index (κ3) is 5.80. The highest BCUT2D eigenvalue weighted by Gasteiger charge is 2.30. The van der Waals surface area contributed by atoms with Crippen molar-refractivity contribution in [1.29, 1.82) is 0 Å². The summed E-state index contributed by atoms with van der Waals surface area (Å²) in [6.07, 6.45) is -1.43. The fourth-order valence-corrected chi connectivity index (χ4v) is 4.68. The third-order valence-electron chi connectivity index (χ3n) is 5.53. The molecule has 2 aromatic carbocycles. The van der Waals surface area contributed by atoms with Crippen LogP contribution in [0.2, 0.25) is 0 Å². The number of para-hydroxylation sites is 2. The van der Waals surface area contributed by atoms with Gasteiger partial charge in [-0.3, -0.25) is 0 Å². The van der Waals surface area contributed by atoms with Crippen molar-refractivity contribution in [2.24, 2.45) is 0 Å². The van der Waals surface area contributed by atoms with Crippen LogP contribution in [0.5, 0.6) is 5.75 Å². The first-order valence-electron chi connectivity index (χ1n) is 10.9. The summed E-state index contributed by atoms with van der Waals surface area (Å²) in [6.45, 7) is 2.51. The molecule has 0 saturated heterocycles. The molecule has 0 radical (unpaired) electrons. The van der Waals surface area contributed by atoms with Crippen LogP contribution in [0, 0.1) is 0 Å². The molecule has 0 aliphatic carbocycles. The van der Waals surface area contributed by atoms with Gasteiger partial charge in [0.2, 0.25) is 0 Å². The van der Waals surface area contributed by atoms with Crippen molar-refractivity contribution in [3.8, 4) is 5.75 Å². The number of alkyl halides is 3.